The number of aromatic nitrogens is 3. The number of benzene rings is 2. The zero-order valence-corrected chi connectivity index (χ0v) is 19.2. The van der Waals surface area contributed by atoms with Crippen molar-refractivity contribution in [3.8, 4) is 22.4 Å². The highest BCUT2D eigenvalue weighted by Gasteiger charge is 2.16. The third-order valence-electron chi connectivity index (χ3n) is 5.54. The van der Waals surface area contributed by atoms with Gasteiger partial charge in [0.1, 0.15) is 16.5 Å². The van der Waals surface area contributed by atoms with Crippen molar-refractivity contribution in [2.45, 2.75) is 11.4 Å². The van der Waals surface area contributed by atoms with Crippen LogP contribution in [0.4, 0.5) is 10.2 Å². The highest BCUT2D eigenvalue weighted by atomic mass is 32.2. The van der Waals surface area contributed by atoms with Gasteiger partial charge < -0.3 is 5.32 Å². The van der Waals surface area contributed by atoms with Gasteiger partial charge in [-0.15, -0.1) is 0 Å². The first-order chi connectivity index (χ1) is 16.9. The molecule has 0 bridgehead atoms. The fourth-order valence-electron chi connectivity index (χ4n) is 3.88. The van der Waals surface area contributed by atoms with Gasteiger partial charge in [0.05, 0.1) is 17.9 Å². The maximum absolute atomic E-state index is 14.3. The minimum absolute atomic E-state index is 0.108. The van der Waals surface area contributed by atoms with Gasteiger partial charge in [-0.1, -0.05) is 48.5 Å². The van der Waals surface area contributed by atoms with E-state index >= 15 is 0 Å². The Balaban J connectivity index is 1.69. The number of pyridine rings is 3. The van der Waals surface area contributed by atoms with Gasteiger partial charge >= 0.3 is 0 Å². The van der Waals surface area contributed by atoms with Crippen LogP contribution in [0, 0.1) is 5.82 Å². The van der Waals surface area contributed by atoms with Crippen molar-refractivity contribution in [2.24, 2.45) is 5.14 Å². The summed E-state index contributed by atoms with van der Waals surface area (Å²) in [5.74, 6) is 0.0804. The zero-order chi connectivity index (χ0) is 24.4. The summed E-state index contributed by atoms with van der Waals surface area (Å²) in [4.78, 5) is 12.8. The average molecular weight is 486 g/mol. The molecular formula is C26H20FN5O2S. The Labute approximate surface area is 201 Å². The van der Waals surface area contributed by atoms with Gasteiger partial charge in [0.15, 0.2) is 0 Å². The van der Waals surface area contributed by atoms with E-state index in [2.05, 4.69) is 15.3 Å². The smallest absolute Gasteiger partial charge is 0.239 e. The third-order valence-corrected chi connectivity index (χ3v) is 6.42. The molecule has 174 valence electrons. The highest BCUT2D eigenvalue weighted by Crippen LogP contribution is 2.36. The molecule has 0 saturated heterocycles. The van der Waals surface area contributed by atoms with E-state index in [1.54, 1.807) is 0 Å². The fourth-order valence-corrected chi connectivity index (χ4v) is 4.37. The van der Waals surface area contributed by atoms with E-state index in [-0.39, 0.29) is 17.1 Å². The molecule has 0 spiro atoms. The van der Waals surface area contributed by atoms with Gasteiger partial charge in [-0.3, -0.25) is 9.97 Å². The molecule has 0 saturated carbocycles. The molecular weight excluding hydrogens is 465 g/mol. The molecule has 0 fully saturated rings. The number of rotatable bonds is 6. The molecule has 5 aromatic rings. The number of sulfonamides is 1. The molecule has 0 aliphatic carbocycles. The number of anilines is 1. The number of halogens is 1. The highest BCUT2D eigenvalue weighted by molar-refractivity contribution is 7.89. The van der Waals surface area contributed by atoms with E-state index in [4.69, 9.17) is 10.1 Å². The molecule has 35 heavy (non-hydrogen) atoms. The van der Waals surface area contributed by atoms with E-state index in [9.17, 15) is 12.8 Å². The van der Waals surface area contributed by atoms with Crippen LogP contribution in [0.1, 0.15) is 5.69 Å². The van der Waals surface area contributed by atoms with E-state index in [0.29, 0.717) is 17.1 Å². The van der Waals surface area contributed by atoms with Gasteiger partial charge in [0, 0.05) is 29.5 Å². The molecule has 0 radical (unpaired) electrons. The van der Waals surface area contributed by atoms with Crippen molar-refractivity contribution in [3.63, 3.8) is 0 Å². The Kier molecular flexibility index (Phi) is 5.94. The SMILES string of the molecule is NS(=O)(=O)c1cncc(-c2cc3cccc(-c4ccccc4)c3c(NCc3ncccc3F)n2)c1. The molecule has 9 heteroatoms. The van der Waals surface area contributed by atoms with Crippen LogP contribution in [-0.2, 0) is 16.6 Å². The summed E-state index contributed by atoms with van der Waals surface area (Å²) in [6.07, 6.45) is 4.24. The van der Waals surface area contributed by atoms with E-state index < -0.39 is 15.8 Å². The number of fused-ring (bicyclic) bond motifs is 1. The normalized spacial score (nSPS) is 11.5. The van der Waals surface area contributed by atoms with Crippen molar-refractivity contribution in [2.75, 3.05) is 5.32 Å². The molecule has 0 unspecified atom stereocenters. The summed E-state index contributed by atoms with van der Waals surface area (Å²) in [6, 6.07) is 21.9. The van der Waals surface area contributed by atoms with Gasteiger partial charge in [-0.2, -0.15) is 0 Å². The first-order valence-electron chi connectivity index (χ1n) is 10.7. The maximum atomic E-state index is 14.3. The van der Waals surface area contributed by atoms with Gasteiger partial charge in [-0.05, 0) is 40.8 Å². The van der Waals surface area contributed by atoms with Crippen LogP contribution in [0.2, 0.25) is 0 Å². The van der Waals surface area contributed by atoms with Crippen molar-refractivity contribution in [3.05, 3.63) is 103 Å². The number of nitrogens with one attached hydrogen (secondary N) is 1. The quantitative estimate of drug-likeness (QED) is 0.359. The van der Waals surface area contributed by atoms with Crippen LogP contribution < -0.4 is 10.5 Å². The molecule has 0 aliphatic rings. The number of primary sulfonamides is 1. The second kappa shape index (κ2) is 9.21. The summed E-state index contributed by atoms with van der Waals surface area (Å²) in [5, 5.41) is 10.2. The fraction of sp³-hybridized carbons (Fsp3) is 0.0385. The van der Waals surface area contributed by atoms with E-state index in [0.717, 1.165) is 21.9 Å². The molecule has 3 heterocycles. The van der Waals surface area contributed by atoms with E-state index in [1.165, 1.54) is 36.8 Å². The number of hydrogen-bond acceptors (Lipinski definition) is 6. The van der Waals surface area contributed by atoms with Gasteiger partial charge in [-0.25, -0.2) is 22.9 Å². The standard InChI is InChI=1S/C26H20FN5O2S/c27-22-10-5-11-30-24(22)16-31-26-25-18(8-4-9-21(25)17-6-2-1-3-7-17)13-23(32-26)19-12-20(15-29-14-19)35(28,33)34/h1-15H,16H2,(H,31,32)(H2,28,33,34). The molecule has 3 aromatic heterocycles. The van der Waals surface area contributed by atoms with Crippen molar-refractivity contribution in [1.82, 2.24) is 15.0 Å². The molecule has 2 aromatic carbocycles. The Morgan fingerprint density at radius 2 is 1.74 bits per heavy atom. The lowest BCUT2D eigenvalue weighted by Gasteiger charge is -2.15. The number of nitrogens with zero attached hydrogens (tertiary/aromatic N) is 3. The lowest BCUT2D eigenvalue weighted by molar-refractivity contribution is 0.597. The minimum Gasteiger partial charge on any atom is -0.364 e. The van der Waals surface area contributed by atoms with Crippen LogP contribution in [0.3, 0.4) is 0 Å². The Morgan fingerprint density at radius 3 is 2.51 bits per heavy atom. The summed E-state index contributed by atoms with van der Waals surface area (Å²) >= 11 is 0. The van der Waals surface area contributed by atoms with Gasteiger partial charge in [0.2, 0.25) is 10.0 Å². The van der Waals surface area contributed by atoms with Crippen LogP contribution in [0.15, 0.2) is 96.3 Å². The van der Waals surface area contributed by atoms with Gasteiger partial charge in [0.25, 0.3) is 0 Å². The van der Waals surface area contributed by atoms with Crippen LogP contribution >= 0.6 is 0 Å². The largest absolute Gasteiger partial charge is 0.364 e. The van der Waals surface area contributed by atoms with Crippen LogP contribution in [0.5, 0.6) is 0 Å². The topological polar surface area (TPSA) is 111 Å². The Hall–Kier alpha value is -4.21. The molecule has 0 atom stereocenters. The minimum atomic E-state index is -3.94. The monoisotopic (exact) mass is 485 g/mol. The zero-order valence-electron chi connectivity index (χ0n) is 18.4. The molecule has 3 N–H and O–H groups in total. The van der Waals surface area contributed by atoms with E-state index in [1.807, 2.05) is 54.6 Å². The van der Waals surface area contributed by atoms with Crippen molar-refractivity contribution >= 4 is 26.6 Å². The lowest BCUT2D eigenvalue weighted by Crippen LogP contribution is -2.12. The third kappa shape index (κ3) is 4.72. The molecule has 5 rings (SSSR count). The predicted molar refractivity (Wildman–Crippen MR) is 133 cm³/mol. The summed E-state index contributed by atoms with van der Waals surface area (Å²) in [7, 11) is -3.94. The molecule has 0 amide bonds. The molecule has 7 nitrogen and oxygen atoms in total. The Bertz CT molecular complexity index is 1640. The average Bonchev–Trinajstić information content (AvgIpc) is 2.87. The summed E-state index contributed by atoms with van der Waals surface area (Å²) in [5.41, 5.74) is 3.17. The first-order valence-corrected chi connectivity index (χ1v) is 12.3. The second-order valence-electron chi connectivity index (χ2n) is 7.87. The molecule has 0 aliphatic heterocycles. The second-order valence-corrected chi connectivity index (χ2v) is 9.43. The number of hydrogen-bond donors (Lipinski definition) is 2. The van der Waals surface area contributed by atoms with Crippen LogP contribution in [0.25, 0.3) is 33.2 Å². The van der Waals surface area contributed by atoms with Crippen molar-refractivity contribution < 1.29 is 12.8 Å². The lowest BCUT2D eigenvalue weighted by atomic mass is 9.97. The predicted octanol–water partition coefficient (Wildman–Crippen LogP) is 4.76. The number of nitrogens with two attached hydrogens (primary N) is 1. The first kappa shape index (κ1) is 22.6. The summed E-state index contributed by atoms with van der Waals surface area (Å²) in [6.45, 7) is 0.108. The Morgan fingerprint density at radius 1 is 0.914 bits per heavy atom. The summed E-state index contributed by atoms with van der Waals surface area (Å²) < 4.78 is 38.0. The van der Waals surface area contributed by atoms with Crippen molar-refractivity contribution in [1.29, 1.82) is 0 Å². The maximum Gasteiger partial charge on any atom is 0.239 e. The van der Waals surface area contributed by atoms with Crippen LogP contribution in [-0.4, -0.2) is 23.4 Å².